The molecule has 3 rings (SSSR count). The number of aromatic nitrogens is 3. The molecular formula is C17H23ClN4O. The van der Waals surface area contributed by atoms with Crippen LogP contribution >= 0.6 is 11.6 Å². The van der Waals surface area contributed by atoms with Gasteiger partial charge in [-0.15, -0.1) is 0 Å². The number of pyridine rings is 1. The number of amides is 1. The van der Waals surface area contributed by atoms with E-state index in [1.54, 1.807) is 0 Å². The van der Waals surface area contributed by atoms with Gasteiger partial charge >= 0.3 is 0 Å². The molecule has 0 atom stereocenters. The van der Waals surface area contributed by atoms with Crippen molar-refractivity contribution in [2.75, 3.05) is 13.1 Å². The highest BCUT2D eigenvalue weighted by Gasteiger charge is 2.27. The molecule has 0 aliphatic carbocycles. The van der Waals surface area contributed by atoms with Crippen LogP contribution in [0.5, 0.6) is 0 Å². The number of fused-ring (bicyclic) bond motifs is 1. The van der Waals surface area contributed by atoms with Gasteiger partial charge in [0.2, 0.25) is 0 Å². The Morgan fingerprint density at radius 1 is 1.22 bits per heavy atom. The standard InChI is InChI=1S/C17H23ClN4O/c1-4-5-10-22-16-13(11(2)20-22)14(15(18)12(3)19-16)17(23)21-8-6-7-9-21/h4-10H2,1-3H3. The molecule has 5 nitrogen and oxygen atoms in total. The first-order valence-corrected chi connectivity index (χ1v) is 8.74. The van der Waals surface area contributed by atoms with Gasteiger partial charge in [-0.25, -0.2) is 9.67 Å². The van der Waals surface area contributed by atoms with E-state index < -0.39 is 0 Å². The lowest BCUT2D eigenvalue weighted by molar-refractivity contribution is 0.0794. The molecular weight excluding hydrogens is 312 g/mol. The van der Waals surface area contributed by atoms with Gasteiger partial charge in [-0.05, 0) is 33.1 Å². The fourth-order valence-electron chi connectivity index (χ4n) is 3.22. The maximum Gasteiger partial charge on any atom is 0.256 e. The van der Waals surface area contributed by atoms with Crippen LogP contribution in [0.3, 0.4) is 0 Å². The normalized spacial score (nSPS) is 14.9. The molecule has 0 bridgehead atoms. The summed E-state index contributed by atoms with van der Waals surface area (Å²) in [4.78, 5) is 19.5. The van der Waals surface area contributed by atoms with Crippen molar-refractivity contribution in [1.29, 1.82) is 0 Å². The molecule has 0 saturated carbocycles. The van der Waals surface area contributed by atoms with Crippen molar-refractivity contribution in [1.82, 2.24) is 19.7 Å². The van der Waals surface area contributed by atoms with Crippen molar-refractivity contribution in [2.24, 2.45) is 0 Å². The van der Waals surface area contributed by atoms with Crippen LogP contribution in [-0.2, 0) is 6.54 Å². The molecule has 0 unspecified atom stereocenters. The van der Waals surface area contributed by atoms with E-state index in [0.29, 0.717) is 16.3 Å². The number of aryl methyl sites for hydroxylation is 3. The lowest BCUT2D eigenvalue weighted by Gasteiger charge is -2.17. The molecule has 6 heteroatoms. The molecule has 3 heterocycles. The van der Waals surface area contributed by atoms with E-state index in [1.807, 2.05) is 23.4 Å². The molecule has 1 fully saturated rings. The number of nitrogens with zero attached hydrogens (tertiary/aromatic N) is 4. The summed E-state index contributed by atoms with van der Waals surface area (Å²) in [5.41, 5.74) is 2.88. The first-order chi connectivity index (χ1) is 11.0. The van der Waals surface area contributed by atoms with Gasteiger partial charge in [0.15, 0.2) is 5.65 Å². The molecule has 1 amide bonds. The highest BCUT2D eigenvalue weighted by atomic mass is 35.5. The van der Waals surface area contributed by atoms with E-state index in [-0.39, 0.29) is 5.91 Å². The molecule has 0 radical (unpaired) electrons. The quantitative estimate of drug-likeness (QED) is 0.855. The molecule has 0 aromatic carbocycles. The molecule has 124 valence electrons. The van der Waals surface area contributed by atoms with Crippen LogP contribution in [0.2, 0.25) is 5.02 Å². The minimum absolute atomic E-state index is 0.0149. The molecule has 23 heavy (non-hydrogen) atoms. The number of hydrogen-bond donors (Lipinski definition) is 0. The number of rotatable bonds is 4. The van der Waals surface area contributed by atoms with Gasteiger partial charge in [0.05, 0.1) is 27.4 Å². The van der Waals surface area contributed by atoms with E-state index in [1.165, 1.54) is 0 Å². The summed E-state index contributed by atoms with van der Waals surface area (Å²) in [6.07, 6.45) is 4.25. The summed E-state index contributed by atoms with van der Waals surface area (Å²) in [6.45, 7) is 8.36. The molecule has 2 aromatic rings. The van der Waals surface area contributed by atoms with Gasteiger partial charge in [-0.2, -0.15) is 5.10 Å². The number of unbranched alkanes of at least 4 members (excludes halogenated alkanes) is 1. The summed E-state index contributed by atoms with van der Waals surface area (Å²) < 4.78 is 1.91. The Bertz CT molecular complexity index is 747. The summed E-state index contributed by atoms with van der Waals surface area (Å²) in [5, 5.41) is 5.88. The third kappa shape index (κ3) is 2.82. The Kier molecular flexibility index (Phi) is 4.57. The average Bonchev–Trinajstić information content (AvgIpc) is 3.15. The summed E-state index contributed by atoms with van der Waals surface area (Å²) >= 11 is 6.48. The second-order valence-electron chi connectivity index (χ2n) is 6.25. The van der Waals surface area contributed by atoms with Crippen LogP contribution in [0.1, 0.15) is 54.4 Å². The number of likely N-dealkylation sites (tertiary alicyclic amines) is 1. The van der Waals surface area contributed by atoms with Crippen molar-refractivity contribution >= 4 is 28.5 Å². The van der Waals surface area contributed by atoms with Gasteiger partial charge in [0.1, 0.15) is 0 Å². The Hall–Kier alpha value is -1.62. The van der Waals surface area contributed by atoms with Crippen molar-refractivity contribution in [3.63, 3.8) is 0 Å². The fraction of sp³-hybridized carbons (Fsp3) is 0.588. The molecule has 1 aliphatic heterocycles. The Morgan fingerprint density at radius 2 is 1.91 bits per heavy atom. The number of carbonyl (C=O) groups is 1. The van der Waals surface area contributed by atoms with E-state index >= 15 is 0 Å². The lowest BCUT2D eigenvalue weighted by atomic mass is 10.1. The van der Waals surface area contributed by atoms with Gasteiger partial charge < -0.3 is 4.90 Å². The van der Waals surface area contributed by atoms with Crippen LogP contribution in [0.15, 0.2) is 0 Å². The van der Waals surface area contributed by atoms with Crippen molar-refractivity contribution in [2.45, 2.75) is 53.0 Å². The van der Waals surface area contributed by atoms with E-state index in [2.05, 4.69) is 17.0 Å². The van der Waals surface area contributed by atoms with Gasteiger partial charge in [-0.1, -0.05) is 24.9 Å². The van der Waals surface area contributed by atoms with E-state index in [4.69, 9.17) is 11.6 Å². The largest absolute Gasteiger partial charge is 0.339 e. The minimum Gasteiger partial charge on any atom is -0.339 e. The van der Waals surface area contributed by atoms with Crippen LogP contribution in [-0.4, -0.2) is 38.7 Å². The number of halogens is 1. The highest BCUT2D eigenvalue weighted by Crippen LogP contribution is 2.31. The first kappa shape index (κ1) is 16.2. The van der Waals surface area contributed by atoms with Gasteiger partial charge in [-0.3, -0.25) is 4.79 Å². The maximum atomic E-state index is 13.0. The lowest BCUT2D eigenvalue weighted by Crippen LogP contribution is -2.28. The fourth-order valence-corrected chi connectivity index (χ4v) is 3.43. The van der Waals surface area contributed by atoms with Crippen LogP contribution in [0.4, 0.5) is 0 Å². The Labute approximate surface area is 141 Å². The average molecular weight is 335 g/mol. The summed E-state index contributed by atoms with van der Waals surface area (Å²) in [7, 11) is 0. The number of hydrogen-bond acceptors (Lipinski definition) is 3. The summed E-state index contributed by atoms with van der Waals surface area (Å²) in [6, 6.07) is 0. The van der Waals surface area contributed by atoms with Crippen molar-refractivity contribution in [3.05, 3.63) is 22.0 Å². The number of carbonyl (C=O) groups excluding carboxylic acids is 1. The zero-order valence-electron chi connectivity index (χ0n) is 14.0. The van der Waals surface area contributed by atoms with Crippen molar-refractivity contribution < 1.29 is 4.79 Å². The second-order valence-corrected chi connectivity index (χ2v) is 6.62. The smallest absolute Gasteiger partial charge is 0.256 e. The van der Waals surface area contributed by atoms with Gasteiger partial charge in [0, 0.05) is 19.6 Å². The van der Waals surface area contributed by atoms with Crippen molar-refractivity contribution in [3.8, 4) is 0 Å². The highest BCUT2D eigenvalue weighted by molar-refractivity contribution is 6.36. The van der Waals surface area contributed by atoms with E-state index in [0.717, 1.165) is 62.0 Å². The molecule has 0 N–H and O–H groups in total. The first-order valence-electron chi connectivity index (χ1n) is 8.37. The maximum absolute atomic E-state index is 13.0. The minimum atomic E-state index is 0.0149. The third-order valence-electron chi connectivity index (χ3n) is 4.49. The molecule has 1 aliphatic rings. The molecule has 1 saturated heterocycles. The van der Waals surface area contributed by atoms with Crippen LogP contribution < -0.4 is 0 Å². The predicted octanol–water partition coefficient (Wildman–Crippen LogP) is 3.74. The monoisotopic (exact) mass is 334 g/mol. The summed E-state index contributed by atoms with van der Waals surface area (Å²) in [5.74, 6) is 0.0149. The second kappa shape index (κ2) is 6.48. The molecule has 2 aromatic heterocycles. The Morgan fingerprint density at radius 3 is 2.57 bits per heavy atom. The molecule has 0 spiro atoms. The Balaban J connectivity index is 2.17. The SMILES string of the molecule is CCCCn1nc(C)c2c(C(=O)N3CCCC3)c(Cl)c(C)nc21. The third-order valence-corrected chi connectivity index (χ3v) is 4.95. The predicted molar refractivity (Wildman–Crippen MR) is 92.1 cm³/mol. The van der Waals surface area contributed by atoms with Gasteiger partial charge in [0.25, 0.3) is 5.91 Å². The van der Waals surface area contributed by atoms with Crippen LogP contribution in [0.25, 0.3) is 11.0 Å². The zero-order chi connectivity index (χ0) is 16.6. The van der Waals surface area contributed by atoms with Crippen LogP contribution in [0, 0.1) is 13.8 Å². The zero-order valence-corrected chi connectivity index (χ0v) is 14.8. The van der Waals surface area contributed by atoms with E-state index in [9.17, 15) is 4.79 Å². The topological polar surface area (TPSA) is 51.0 Å².